The van der Waals surface area contributed by atoms with Crippen molar-refractivity contribution in [2.45, 2.75) is 33.1 Å². The minimum atomic E-state index is 0.0549. The smallest absolute Gasteiger partial charge is 0.239 e. The maximum atomic E-state index is 11.7. The van der Waals surface area contributed by atoms with Gasteiger partial charge in [-0.2, -0.15) is 0 Å². The van der Waals surface area contributed by atoms with E-state index in [4.69, 9.17) is 0 Å². The predicted molar refractivity (Wildman–Crippen MR) is 88.8 cm³/mol. The molecular weight excluding hydrogens is 262 g/mol. The first-order valence-corrected chi connectivity index (χ1v) is 8.01. The van der Waals surface area contributed by atoms with Crippen molar-refractivity contribution in [2.24, 2.45) is 5.92 Å². The van der Waals surface area contributed by atoms with Gasteiger partial charge in [-0.25, -0.2) is 0 Å². The number of benzene rings is 1. The fourth-order valence-electron chi connectivity index (χ4n) is 2.51. The average Bonchev–Trinajstić information content (AvgIpc) is 2.99. The van der Waals surface area contributed by atoms with Gasteiger partial charge in [-0.1, -0.05) is 13.8 Å². The number of nitrogens with zero attached hydrogens (tertiary/aromatic N) is 1. The molecule has 0 bridgehead atoms. The van der Waals surface area contributed by atoms with Gasteiger partial charge in [0.2, 0.25) is 5.91 Å². The molecule has 1 amide bonds. The minimum absolute atomic E-state index is 0.0549. The highest BCUT2D eigenvalue weighted by molar-refractivity contribution is 5.80. The van der Waals surface area contributed by atoms with Crippen LogP contribution in [-0.4, -0.2) is 32.1 Å². The van der Waals surface area contributed by atoms with Crippen LogP contribution in [-0.2, 0) is 4.79 Å². The number of nitrogens with one attached hydrogen (secondary N) is 2. The summed E-state index contributed by atoms with van der Waals surface area (Å²) in [5.41, 5.74) is 2.27. The Bertz CT molecular complexity index is 436. The summed E-state index contributed by atoms with van der Waals surface area (Å²) in [6.45, 7) is 7.72. The second-order valence-corrected chi connectivity index (χ2v) is 6.13. The summed E-state index contributed by atoms with van der Waals surface area (Å²) in [4.78, 5) is 14.1. The number of amides is 1. The molecular formula is C17H27N3O. The molecule has 1 aliphatic heterocycles. The van der Waals surface area contributed by atoms with Crippen molar-refractivity contribution < 1.29 is 4.79 Å². The number of carbonyl (C=O) groups is 1. The molecule has 2 rings (SSSR count). The van der Waals surface area contributed by atoms with Crippen LogP contribution in [0, 0.1) is 5.92 Å². The average molecular weight is 289 g/mol. The molecule has 0 atom stereocenters. The van der Waals surface area contributed by atoms with E-state index in [0.29, 0.717) is 12.5 Å². The van der Waals surface area contributed by atoms with E-state index in [1.807, 2.05) is 0 Å². The highest BCUT2D eigenvalue weighted by atomic mass is 16.1. The largest absolute Gasteiger partial charge is 0.376 e. The summed E-state index contributed by atoms with van der Waals surface area (Å²) < 4.78 is 0. The maximum absolute atomic E-state index is 11.7. The number of anilines is 2. The first-order valence-electron chi connectivity index (χ1n) is 8.01. The number of carbonyl (C=O) groups excluding carboxylic acids is 1. The SMILES string of the molecule is CC(C)CCNC(=O)CNc1ccc(N2CCCC2)cc1. The molecule has 0 aromatic heterocycles. The van der Waals surface area contributed by atoms with Crippen LogP contribution in [0.2, 0.25) is 0 Å². The Morgan fingerprint density at radius 2 is 1.86 bits per heavy atom. The molecule has 4 heteroatoms. The Morgan fingerprint density at radius 3 is 2.48 bits per heavy atom. The summed E-state index contributed by atoms with van der Waals surface area (Å²) in [5.74, 6) is 0.677. The van der Waals surface area contributed by atoms with E-state index in [1.54, 1.807) is 0 Å². The third kappa shape index (κ3) is 5.29. The molecule has 21 heavy (non-hydrogen) atoms. The normalized spacial score (nSPS) is 14.5. The number of hydrogen-bond acceptors (Lipinski definition) is 3. The molecule has 1 fully saturated rings. The van der Waals surface area contributed by atoms with E-state index in [1.165, 1.54) is 18.5 Å². The quantitative estimate of drug-likeness (QED) is 0.811. The summed E-state index contributed by atoms with van der Waals surface area (Å²) in [5, 5.41) is 6.10. The molecule has 1 aromatic rings. The van der Waals surface area contributed by atoms with Crippen LogP contribution in [0.3, 0.4) is 0 Å². The molecule has 4 nitrogen and oxygen atoms in total. The van der Waals surface area contributed by atoms with Crippen LogP contribution in [0.1, 0.15) is 33.1 Å². The Balaban J connectivity index is 1.71. The van der Waals surface area contributed by atoms with Gasteiger partial charge in [0.1, 0.15) is 0 Å². The zero-order valence-corrected chi connectivity index (χ0v) is 13.2. The van der Waals surface area contributed by atoms with Crippen LogP contribution in [0.15, 0.2) is 24.3 Å². The standard InChI is InChI=1S/C17H27N3O/c1-14(2)9-10-18-17(21)13-19-15-5-7-16(8-6-15)20-11-3-4-12-20/h5-8,14,19H,3-4,9-13H2,1-2H3,(H,18,21). The lowest BCUT2D eigenvalue weighted by Crippen LogP contribution is -2.31. The summed E-state index contributed by atoms with van der Waals surface area (Å²) in [6, 6.07) is 8.36. The van der Waals surface area contributed by atoms with Gasteiger partial charge >= 0.3 is 0 Å². The van der Waals surface area contributed by atoms with Crippen molar-refractivity contribution in [3.05, 3.63) is 24.3 Å². The number of rotatable bonds is 7. The van der Waals surface area contributed by atoms with E-state index in [9.17, 15) is 4.79 Å². The van der Waals surface area contributed by atoms with Gasteiger partial charge in [-0.3, -0.25) is 4.79 Å². The lowest BCUT2D eigenvalue weighted by atomic mass is 10.1. The zero-order valence-electron chi connectivity index (χ0n) is 13.2. The van der Waals surface area contributed by atoms with E-state index >= 15 is 0 Å². The van der Waals surface area contributed by atoms with Crippen LogP contribution in [0.4, 0.5) is 11.4 Å². The Morgan fingerprint density at radius 1 is 1.19 bits per heavy atom. The first-order chi connectivity index (χ1) is 10.1. The molecule has 0 spiro atoms. The van der Waals surface area contributed by atoms with Gasteiger partial charge in [-0.05, 0) is 49.4 Å². The molecule has 2 N–H and O–H groups in total. The van der Waals surface area contributed by atoms with Gasteiger partial charge in [0.15, 0.2) is 0 Å². The molecule has 1 heterocycles. The molecule has 1 aliphatic rings. The van der Waals surface area contributed by atoms with Gasteiger partial charge in [0, 0.05) is 31.0 Å². The molecule has 0 aliphatic carbocycles. The van der Waals surface area contributed by atoms with Crippen molar-refractivity contribution in [2.75, 3.05) is 36.4 Å². The molecule has 0 unspecified atom stereocenters. The molecule has 1 aromatic carbocycles. The van der Waals surface area contributed by atoms with Crippen molar-refractivity contribution in [3.8, 4) is 0 Å². The van der Waals surface area contributed by atoms with Crippen molar-refractivity contribution >= 4 is 17.3 Å². The van der Waals surface area contributed by atoms with Crippen LogP contribution in [0.25, 0.3) is 0 Å². The molecule has 1 saturated heterocycles. The van der Waals surface area contributed by atoms with Crippen molar-refractivity contribution in [1.29, 1.82) is 0 Å². The first kappa shape index (κ1) is 15.7. The summed E-state index contributed by atoms with van der Waals surface area (Å²) >= 11 is 0. The molecule has 0 saturated carbocycles. The van der Waals surface area contributed by atoms with Gasteiger partial charge in [0.25, 0.3) is 0 Å². The fraction of sp³-hybridized carbons (Fsp3) is 0.588. The van der Waals surface area contributed by atoms with E-state index in [-0.39, 0.29) is 5.91 Å². The van der Waals surface area contributed by atoms with E-state index in [2.05, 4.69) is 53.6 Å². The predicted octanol–water partition coefficient (Wildman–Crippen LogP) is 2.86. The third-order valence-electron chi connectivity index (χ3n) is 3.84. The second-order valence-electron chi connectivity index (χ2n) is 6.13. The number of hydrogen-bond donors (Lipinski definition) is 2. The minimum Gasteiger partial charge on any atom is -0.376 e. The third-order valence-corrected chi connectivity index (χ3v) is 3.84. The van der Waals surface area contributed by atoms with Crippen LogP contribution in [0.5, 0.6) is 0 Å². The van der Waals surface area contributed by atoms with E-state index in [0.717, 1.165) is 31.7 Å². The van der Waals surface area contributed by atoms with Crippen molar-refractivity contribution in [1.82, 2.24) is 5.32 Å². The van der Waals surface area contributed by atoms with Crippen LogP contribution < -0.4 is 15.5 Å². The van der Waals surface area contributed by atoms with Gasteiger partial charge < -0.3 is 15.5 Å². The maximum Gasteiger partial charge on any atom is 0.239 e. The highest BCUT2D eigenvalue weighted by Gasteiger charge is 2.11. The zero-order chi connectivity index (χ0) is 15.1. The lowest BCUT2D eigenvalue weighted by Gasteiger charge is -2.18. The molecule has 116 valence electrons. The summed E-state index contributed by atoms with van der Waals surface area (Å²) in [6.07, 6.45) is 3.60. The van der Waals surface area contributed by atoms with E-state index < -0.39 is 0 Å². The fourth-order valence-corrected chi connectivity index (χ4v) is 2.51. The Kier molecular flexibility index (Phi) is 5.90. The Labute approximate surface area is 127 Å². The molecule has 0 radical (unpaired) electrons. The Hall–Kier alpha value is -1.71. The van der Waals surface area contributed by atoms with Gasteiger partial charge in [-0.15, -0.1) is 0 Å². The monoisotopic (exact) mass is 289 g/mol. The van der Waals surface area contributed by atoms with Crippen molar-refractivity contribution in [3.63, 3.8) is 0 Å². The highest BCUT2D eigenvalue weighted by Crippen LogP contribution is 2.21. The van der Waals surface area contributed by atoms with Gasteiger partial charge in [0.05, 0.1) is 6.54 Å². The topological polar surface area (TPSA) is 44.4 Å². The summed E-state index contributed by atoms with van der Waals surface area (Å²) in [7, 11) is 0. The lowest BCUT2D eigenvalue weighted by molar-refractivity contribution is -0.119. The second kappa shape index (κ2) is 7.91. The van der Waals surface area contributed by atoms with Crippen LogP contribution >= 0.6 is 0 Å².